The summed E-state index contributed by atoms with van der Waals surface area (Å²) in [7, 11) is 0. The summed E-state index contributed by atoms with van der Waals surface area (Å²) >= 11 is 4.81. The number of hydrogen-bond donors (Lipinski definition) is 1. The van der Waals surface area contributed by atoms with E-state index in [9.17, 15) is 4.79 Å². The average Bonchev–Trinajstić information content (AvgIpc) is 2.28. The van der Waals surface area contributed by atoms with Crippen LogP contribution in [0.1, 0.15) is 6.42 Å². The molecule has 1 N–H and O–H groups in total. The highest BCUT2D eigenvalue weighted by molar-refractivity contribution is 9.10. The molecule has 1 rings (SSSR count). The molecule has 1 amide bonds. The van der Waals surface area contributed by atoms with E-state index in [0.29, 0.717) is 17.9 Å². The first-order valence-electron chi connectivity index (χ1n) is 4.73. The summed E-state index contributed by atoms with van der Waals surface area (Å²) in [6.07, 6.45) is 0.479. The number of nitrogens with one attached hydrogen (secondary N) is 1. The molecule has 0 radical (unpaired) electrons. The first kappa shape index (κ1) is 13.1. The number of para-hydroxylation sites is 1. The SMILES string of the molecule is N#CCCSCC(=O)Nc1ccccc1Br. The number of benzene rings is 1. The number of rotatable bonds is 5. The van der Waals surface area contributed by atoms with Gasteiger partial charge >= 0.3 is 0 Å². The van der Waals surface area contributed by atoms with Crippen LogP contribution < -0.4 is 5.32 Å². The monoisotopic (exact) mass is 298 g/mol. The van der Waals surface area contributed by atoms with Crippen molar-refractivity contribution in [2.75, 3.05) is 16.8 Å². The molecule has 1 aromatic rings. The Kier molecular flexibility index (Phi) is 5.98. The number of thioether (sulfide) groups is 1. The van der Waals surface area contributed by atoms with Gasteiger partial charge in [0.25, 0.3) is 0 Å². The molecule has 0 aliphatic rings. The third-order valence-electron chi connectivity index (χ3n) is 1.74. The third-order valence-corrected chi connectivity index (χ3v) is 3.39. The molecular weight excluding hydrogens is 288 g/mol. The predicted octanol–water partition coefficient (Wildman–Crippen LogP) is 3.03. The van der Waals surface area contributed by atoms with Crippen molar-refractivity contribution in [2.24, 2.45) is 0 Å². The third kappa shape index (κ3) is 4.69. The number of anilines is 1. The van der Waals surface area contributed by atoms with Crippen LogP contribution in [0.15, 0.2) is 28.7 Å². The van der Waals surface area contributed by atoms with Crippen molar-refractivity contribution in [3.05, 3.63) is 28.7 Å². The van der Waals surface area contributed by atoms with Gasteiger partial charge in [-0.3, -0.25) is 4.79 Å². The largest absolute Gasteiger partial charge is 0.324 e. The number of nitriles is 1. The van der Waals surface area contributed by atoms with Gasteiger partial charge in [-0.05, 0) is 28.1 Å². The van der Waals surface area contributed by atoms with E-state index in [1.54, 1.807) is 0 Å². The first-order chi connectivity index (χ1) is 7.74. The van der Waals surface area contributed by atoms with E-state index in [1.165, 1.54) is 11.8 Å². The molecule has 84 valence electrons. The van der Waals surface area contributed by atoms with Crippen LogP contribution in [0.25, 0.3) is 0 Å². The quantitative estimate of drug-likeness (QED) is 0.850. The number of halogens is 1. The fraction of sp³-hybridized carbons (Fsp3) is 0.273. The molecule has 0 saturated heterocycles. The minimum absolute atomic E-state index is 0.0464. The van der Waals surface area contributed by atoms with Crippen LogP contribution in [0.5, 0.6) is 0 Å². The number of carbonyl (C=O) groups excluding carboxylic acids is 1. The Balaban J connectivity index is 2.35. The number of nitrogens with zero attached hydrogens (tertiary/aromatic N) is 1. The molecule has 0 fully saturated rings. The standard InChI is InChI=1S/C11H11BrN2OS/c12-9-4-1-2-5-10(9)14-11(15)8-16-7-3-6-13/h1-2,4-5H,3,7-8H2,(H,14,15). The molecule has 0 aliphatic heterocycles. The topological polar surface area (TPSA) is 52.9 Å². The van der Waals surface area contributed by atoms with Gasteiger partial charge < -0.3 is 5.32 Å². The lowest BCUT2D eigenvalue weighted by molar-refractivity contribution is -0.113. The van der Waals surface area contributed by atoms with Gasteiger partial charge in [0.15, 0.2) is 0 Å². The van der Waals surface area contributed by atoms with Gasteiger partial charge in [0.05, 0.1) is 17.5 Å². The molecule has 0 saturated carbocycles. The predicted molar refractivity (Wildman–Crippen MR) is 70.3 cm³/mol. The van der Waals surface area contributed by atoms with Crippen molar-refractivity contribution in [2.45, 2.75) is 6.42 Å². The van der Waals surface area contributed by atoms with Gasteiger partial charge in [-0.2, -0.15) is 17.0 Å². The van der Waals surface area contributed by atoms with Gasteiger partial charge in [-0.25, -0.2) is 0 Å². The van der Waals surface area contributed by atoms with Crippen molar-refractivity contribution >= 4 is 39.3 Å². The Labute approximate surface area is 107 Å². The summed E-state index contributed by atoms with van der Waals surface area (Å²) in [6.45, 7) is 0. The molecule has 16 heavy (non-hydrogen) atoms. The molecule has 5 heteroatoms. The summed E-state index contributed by atoms with van der Waals surface area (Å²) in [5.41, 5.74) is 0.772. The normalized spacial score (nSPS) is 9.50. The number of amides is 1. The highest BCUT2D eigenvalue weighted by Crippen LogP contribution is 2.21. The second-order valence-corrected chi connectivity index (χ2v) is 4.95. The summed E-state index contributed by atoms with van der Waals surface area (Å²) in [5.74, 6) is 1.03. The van der Waals surface area contributed by atoms with Crippen LogP contribution in [0.4, 0.5) is 5.69 Å². The zero-order valence-corrected chi connectivity index (χ0v) is 11.0. The fourth-order valence-corrected chi connectivity index (χ4v) is 2.05. The van der Waals surface area contributed by atoms with E-state index >= 15 is 0 Å². The van der Waals surface area contributed by atoms with Crippen LogP contribution >= 0.6 is 27.7 Å². The molecule has 0 bridgehead atoms. The highest BCUT2D eigenvalue weighted by Gasteiger charge is 2.04. The first-order valence-corrected chi connectivity index (χ1v) is 6.68. The van der Waals surface area contributed by atoms with Crippen molar-refractivity contribution in [3.8, 4) is 6.07 Å². The molecule has 0 atom stereocenters. The number of carbonyl (C=O) groups is 1. The van der Waals surface area contributed by atoms with E-state index in [-0.39, 0.29) is 5.91 Å². The van der Waals surface area contributed by atoms with Gasteiger partial charge in [0.1, 0.15) is 0 Å². The Morgan fingerprint density at radius 3 is 2.94 bits per heavy atom. The maximum atomic E-state index is 11.5. The van der Waals surface area contributed by atoms with E-state index < -0.39 is 0 Å². The number of hydrogen-bond acceptors (Lipinski definition) is 3. The maximum absolute atomic E-state index is 11.5. The summed E-state index contributed by atoms with van der Waals surface area (Å²) in [6, 6.07) is 9.50. The van der Waals surface area contributed by atoms with E-state index in [0.717, 1.165) is 10.2 Å². The molecule has 1 aromatic carbocycles. The second-order valence-electron chi connectivity index (χ2n) is 2.99. The van der Waals surface area contributed by atoms with Crippen LogP contribution in [-0.2, 0) is 4.79 Å². The average molecular weight is 299 g/mol. The van der Waals surface area contributed by atoms with Crippen LogP contribution in [-0.4, -0.2) is 17.4 Å². The van der Waals surface area contributed by atoms with Gasteiger partial charge in [-0.1, -0.05) is 12.1 Å². The Morgan fingerprint density at radius 1 is 1.50 bits per heavy atom. The lowest BCUT2D eigenvalue weighted by Crippen LogP contribution is -2.14. The Bertz CT molecular complexity index is 403. The van der Waals surface area contributed by atoms with Crippen LogP contribution in [0, 0.1) is 11.3 Å². The van der Waals surface area contributed by atoms with E-state index in [1.807, 2.05) is 30.3 Å². The van der Waals surface area contributed by atoms with Gasteiger partial charge in [-0.15, -0.1) is 0 Å². The molecule has 0 aliphatic carbocycles. The van der Waals surface area contributed by atoms with Gasteiger partial charge in [0.2, 0.25) is 5.91 Å². The molecule has 0 aromatic heterocycles. The zero-order chi connectivity index (χ0) is 11.8. The second kappa shape index (κ2) is 7.31. The van der Waals surface area contributed by atoms with Crippen LogP contribution in [0.3, 0.4) is 0 Å². The Morgan fingerprint density at radius 2 is 2.25 bits per heavy atom. The minimum atomic E-state index is -0.0464. The minimum Gasteiger partial charge on any atom is -0.324 e. The lowest BCUT2D eigenvalue weighted by Gasteiger charge is -2.06. The molecule has 0 heterocycles. The smallest absolute Gasteiger partial charge is 0.234 e. The van der Waals surface area contributed by atoms with Crippen molar-refractivity contribution in [3.63, 3.8) is 0 Å². The van der Waals surface area contributed by atoms with Crippen molar-refractivity contribution < 1.29 is 4.79 Å². The summed E-state index contributed by atoms with van der Waals surface area (Å²) < 4.78 is 0.866. The highest BCUT2D eigenvalue weighted by atomic mass is 79.9. The summed E-state index contributed by atoms with van der Waals surface area (Å²) in [5, 5.41) is 11.1. The van der Waals surface area contributed by atoms with Gasteiger partial charge in [0, 0.05) is 16.6 Å². The molecule has 0 unspecified atom stereocenters. The molecule has 0 spiro atoms. The zero-order valence-electron chi connectivity index (χ0n) is 8.57. The maximum Gasteiger partial charge on any atom is 0.234 e. The Hall–Kier alpha value is -0.990. The lowest BCUT2D eigenvalue weighted by atomic mass is 10.3. The van der Waals surface area contributed by atoms with Crippen LogP contribution in [0.2, 0.25) is 0 Å². The van der Waals surface area contributed by atoms with E-state index in [2.05, 4.69) is 21.2 Å². The van der Waals surface area contributed by atoms with E-state index in [4.69, 9.17) is 5.26 Å². The van der Waals surface area contributed by atoms with Crippen molar-refractivity contribution in [1.82, 2.24) is 0 Å². The fourth-order valence-electron chi connectivity index (χ4n) is 1.03. The summed E-state index contributed by atoms with van der Waals surface area (Å²) in [4.78, 5) is 11.5. The van der Waals surface area contributed by atoms with Crippen molar-refractivity contribution in [1.29, 1.82) is 5.26 Å². The molecule has 3 nitrogen and oxygen atoms in total. The molecular formula is C11H11BrN2OS.